The van der Waals surface area contributed by atoms with Gasteiger partial charge in [0, 0.05) is 19.6 Å². The average molecular weight is 226 g/mol. The lowest BCUT2D eigenvalue weighted by molar-refractivity contribution is -0.174. The van der Waals surface area contributed by atoms with Crippen LogP contribution in [-0.4, -0.2) is 56.4 Å². The summed E-state index contributed by atoms with van der Waals surface area (Å²) in [5, 5.41) is 2.87. The first-order valence-corrected chi connectivity index (χ1v) is 4.62. The van der Waals surface area contributed by atoms with E-state index in [2.05, 4.69) is 10.1 Å². The number of carbonyl (C=O) groups excluding carboxylic acids is 1. The van der Waals surface area contributed by atoms with Crippen LogP contribution in [0, 0.1) is 0 Å². The Morgan fingerprint density at radius 3 is 2.80 bits per heavy atom. The molecule has 1 aliphatic rings. The third-order valence-corrected chi connectivity index (χ3v) is 1.96. The van der Waals surface area contributed by atoms with E-state index < -0.39 is 12.8 Å². The summed E-state index contributed by atoms with van der Waals surface area (Å²) in [6.45, 7) is 0.327. The first-order valence-electron chi connectivity index (χ1n) is 4.62. The third-order valence-electron chi connectivity index (χ3n) is 1.96. The summed E-state index contributed by atoms with van der Waals surface area (Å²) in [4.78, 5) is 12.7. The Labute approximate surface area is 85.4 Å². The van der Waals surface area contributed by atoms with Crippen molar-refractivity contribution >= 4 is 5.91 Å². The van der Waals surface area contributed by atoms with Crippen molar-refractivity contribution in [3.05, 3.63) is 0 Å². The molecule has 1 saturated heterocycles. The zero-order valence-electron chi connectivity index (χ0n) is 8.14. The average Bonchev–Trinajstić information content (AvgIpc) is 2.13. The molecule has 7 heteroatoms. The number of nitrogens with zero attached hydrogens (tertiary/aromatic N) is 1. The minimum atomic E-state index is -4.30. The summed E-state index contributed by atoms with van der Waals surface area (Å²) in [6.07, 6.45) is -4.30. The Morgan fingerprint density at radius 2 is 2.20 bits per heavy atom. The van der Waals surface area contributed by atoms with Crippen molar-refractivity contribution in [1.82, 2.24) is 10.2 Å². The van der Waals surface area contributed by atoms with E-state index in [1.54, 1.807) is 0 Å². The van der Waals surface area contributed by atoms with Gasteiger partial charge in [0.05, 0.1) is 13.2 Å². The van der Waals surface area contributed by atoms with Gasteiger partial charge in [-0.2, -0.15) is 13.2 Å². The molecule has 1 N–H and O–H groups in total. The van der Waals surface area contributed by atoms with Gasteiger partial charge in [-0.25, -0.2) is 0 Å². The van der Waals surface area contributed by atoms with Crippen LogP contribution in [0.15, 0.2) is 0 Å². The molecule has 1 fully saturated rings. The van der Waals surface area contributed by atoms with Crippen LogP contribution < -0.4 is 5.32 Å². The van der Waals surface area contributed by atoms with Crippen LogP contribution in [0.1, 0.15) is 0 Å². The topological polar surface area (TPSA) is 41.6 Å². The highest BCUT2D eigenvalue weighted by atomic mass is 19.4. The molecule has 15 heavy (non-hydrogen) atoms. The highest BCUT2D eigenvalue weighted by molar-refractivity contribution is 5.78. The molecule has 0 atom stereocenters. The fourth-order valence-corrected chi connectivity index (χ4v) is 1.24. The predicted octanol–water partition coefficient (Wildman–Crippen LogP) is -0.00290. The van der Waals surface area contributed by atoms with Crippen molar-refractivity contribution in [2.75, 3.05) is 39.4 Å². The Morgan fingerprint density at radius 1 is 1.47 bits per heavy atom. The van der Waals surface area contributed by atoms with Crippen LogP contribution in [0.3, 0.4) is 0 Å². The van der Waals surface area contributed by atoms with Crippen molar-refractivity contribution in [1.29, 1.82) is 0 Å². The number of alkyl halides is 3. The third kappa shape index (κ3) is 4.98. The van der Waals surface area contributed by atoms with Gasteiger partial charge in [-0.1, -0.05) is 0 Å². The van der Waals surface area contributed by atoms with Gasteiger partial charge < -0.3 is 15.0 Å². The first kappa shape index (κ1) is 12.3. The van der Waals surface area contributed by atoms with Crippen LogP contribution in [-0.2, 0) is 9.53 Å². The highest BCUT2D eigenvalue weighted by Gasteiger charge is 2.27. The zero-order chi connectivity index (χ0) is 11.3. The molecule has 1 rings (SSSR count). The van der Waals surface area contributed by atoms with Crippen LogP contribution in [0.4, 0.5) is 13.2 Å². The molecule has 88 valence electrons. The highest BCUT2D eigenvalue weighted by Crippen LogP contribution is 2.14. The molecule has 0 aromatic rings. The molecule has 1 amide bonds. The van der Waals surface area contributed by atoms with Gasteiger partial charge in [0.2, 0.25) is 5.91 Å². The molecule has 4 nitrogen and oxygen atoms in total. The van der Waals surface area contributed by atoms with Crippen molar-refractivity contribution in [2.24, 2.45) is 0 Å². The Balaban J connectivity index is 2.11. The number of halogens is 3. The lowest BCUT2D eigenvalue weighted by Gasteiger charge is -2.27. The number of piperazine rings is 1. The standard InChI is InChI=1S/C8H13F3N2O2/c9-8(10,11)6-15-4-3-13-2-1-12-5-7(13)14/h12H,1-6H2. The van der Waals surface area contributed by atoms with E-state index >= 15 is 0 Å². The van der Waals surface area contributed by atoms with Crippen LogP contribution in [0.2, 0.25) is 0 Å². The van der Waals surface area contributed by atoms with Gasteiger partial charge >= 0.3 is 6.18 Å². The summed E-state index contributed by atoms with van der Waals surface area (Å²) in [5.41, 5.74) is 0. The number of carbonyl (C=O) groups is 1. The minimum absolute atomic E-state index is 0.0781. The molecule has 0 radical (unpaired) electrons. The number of nitrogens with one attached hydrogen (secondary N) is 1. The van der Waals surface area contributed by atoms with Crippen molar-refractivity contribution in [3.8, 4) is 0 Å². The molecule has 1 aliphatic heterocycles. The lowest BCUT2D eigenvalue weighted by Crippen LogP contribution is -2.49. The number of hydrogen-bond donors (Lipinski definition) is 1. The van der Waals surface area contributed by atoms with E-state index in [1.807, 2.05) is 0 Å². The summed E-state index contributed by atoms with van der Waals surface area (Å²) < 4.78 is 39.5. The number of amides is 1. The largest absolute Gasteiger partial charge is 0.411 e. The van der Waals surface area contributed by atoms with Gasteiger partial charge in [-0.3, -0.25) is 4.79 Å². The van der Waals surface area contributed by atoms with E-state index in [1.165, 1.54) is 4.90 Å². The maximum Gasteiger partial charge on any atom is 0.411 e. The van der Waals surface area contributed by atoms with Gasteiger partial charge in [0.25, 0.3) is 0 Å². The number of rotatable bonds is 4. The molecular formula is C8H13F3N2O2. The quantitative estimate of drug-likeness (QED) is 0.686. The van der Waals surface area contributed by atoms with E-state index in [0.717, 1.165) is 0 Å². The fourth-order valence-electron chi connectivity index (χ4n) is 1.24. The predicted molar refractivity (Wildman–Crippen MR) is 46.3 cm³/mol. The maximum atomic E-state index is 11.7. The normalized spacial score (nSPS) is 18.3. The fraction of sp³-hybridized carbons (Fsp3) is 0.875. The maximum absolute atomic E-state index is 11.7. The molecule has 1 heterocycles. The van der Waals surface area contributed by atoms with Gasteiger partial charge in [-0.15, -0.1) is 0 Å². The van der Waals surface area contributed by atoms with Gasteiger partial charge in [0.1, 0.15) is 6.61 Å². The van der Waals surface area contributed by atoms with Crippen LogP contribution in [0.25, 0.3) is 0 Å². The Bertz CT molecular complexity index is 220. The monoisotopic (exact) mass is 226 g/mol. The second-order valence-electron chi connectivity index (χ2n) is 3.23. The van der Waals surface area contributed by atoms with E-state index in [0.29, 0.717) is 13.1 Å². The van der Waals surface area contributed by atoms with Crippen molar-refractivity contribution < 1.29 is 22.7 Å². The molecule has 0 bridgehead atoms. The zero-order valence-corrected chi connectivity index (χ0v) is 8.14. The molecule has 0 aromatic carbocycles. The molecule has 0 saturated carbocycles. The van der Waals surface area contributed by atoms with Crippen molar-refractivity contribution in [2.45, 2.75) is 6.18 Å². The molecule has 0 unspecified atom stereocenters. The SMILES string of the molecule is O=C1CNCCN1CCOCC(F)(F)F. The Kier molecular flexibility index (Phi) is 4.34. The molecular weight excluding hydrogens is 213 g/mol. The Hall–Kier alpha value is -0.820. The van der Waals surface area contributed by atoms with E-state index in [4.69, 9.17) is 0 Å². The number of ether oxygens (including phenoxy) is 1. The minimum Gasteiger partial charge on any atom is -0.370 e. The summed E-state index contributed by atoms with van der Waals surface area (Å²) in [5.74, 6) is -0.100. The lowest BCUT2D eigenvalue weighted by atomic mass is 10.3. The van der Waals surface area contributed by atoms with E-state index in [-0.39, 0.29) is 25.6 Å². The number of hydrogen-bond acceptors (Lipinski definition) is 3. The second-order valence-corrected chi connectivity index (χ2v) is 3.23. The van der Waals surface area contributed by atoms with Crippen LogP contribution >= 0.6 is 0 Å². The molecule has 0 aliphatic carbocycles. The summed E-state index contributed by atoms with van der Waals surface area (Å²) in [7, 11) is 0. The summed E-state index contributed by atoms with van der Waals surface area (Å²) >= 11 is 0. The smallest absolute Gasteiger partial charge is 0.370 e. The molecule has 0 aromatic heterocycles. The van der Waals surface area contributed by atoms with Crippen LogP contribution in [0.5, 0.6) is 0 Å². The second kappa shape index (κ2) is 5.32. The molecule has 0 spiro atoms. The van der Waals surface area contributed by atoms with Crippen molar-refractivity contribution in [3.63, 3.8) is 0 Å². The summed E-state index contributed by atoms with van der Waals surface area (Å²) in [6, 6.07) is 0. The first-order chi connectivity index (χ1) is 6.99. The van der Waals surface area contributed by atoms with E-state index in [9.17, 15) is 18.0 Å². The van der Waals surface area contributed by atoms with Gasteiger partial charge in [-0.05, 0) is 0 Å². The van der Waals surface area contributed by atoms with Gasteiger partial charge in [0.15, 0.2) is 0 Å².